The normalized spacial score (nSPS) is 20.4. The van der Waals surface area contributed by atoms with E-state index in [1.807, 2.05) is 6.07 Å². The Labute approximate surface area is 146 Å². The Morgan fingerprint density at radius 1 is 1.24 bits per heavy atom. The number of anilines is 1. The summed E-state index contributed by atoms with van der Waals surface area (Å²) in [5, 5.41) is 3.10. The number of benzene rings is 1. The van der Waals surface area contributed by atoms with E-state index in [9.17, 15) is 9.18 Å². The maximum absolute atomic E-state index is 13.4. The average molecular weight is 340 g/mol. The Bertz CT molecular complexity index is 778. The van der Waals surface area contributed by atoms with Gasteiger partial charge < -0.3 is 10.2 Å². The highest BCUT2D eigenvalue weighted by Gasteiger charge is 2.30. The average Bonchev–Trinajstić information content (AvgIpc) is 3.46. The van der Waals surface area contributed by atoms with Crippen molar-refractivity contribution in [3.63, 3.8) is 0 Å². The van der Waals surface area contributed by atoms with Crippen molar-refractivity contribution in [1.29, 1.82) is 0 Å². The second-order valence-electron chi connectivity index (χ2n) is 6.82. The maximum Gasteiger partial charge on any atom is 0.225 e. The van der Waals surface area contributed by atoms with Crippen molar-refractivity contribution in [1.82, 2.24) is 15.3 Å². The third-order valence-electron chi connectivity index (χ3n) is 4.76. The summed E-state index contributed by atoms with van der Waals surface area (Å²) in [6.45, 7) is 1.53. The minimum atomic E-state index is -0.304. The van der Waals surface area contributed by atoms with Gasteiger partial charge in [-0.2, -0.15) is 0 Å². The van der Waals surface area contributed by atoms with Crippen molar-refractivity contribution < 1.29 is 9.18 Å². The van der Waals surface area contributed by atoms with Crippen LogP contribution in [0, 0.1) is 11.7 Å². The Hall–Kier alpha value is -2.50. The Kier molecular flexibility index (Phi) is 4.34. The van der Waals surface area contributed by atoms with Crippen molar-refractivity contribution in [2.45, 2.75) is 31.7 Å². The molecule has 2 aromatic rings. The standard InChI is InChI=1S/C19H21FN4O/c20-15-5-1-3-13(11-15)18-21-9-8-17(23-18)24-10-2-4-14(12-24)19(25)22-16-6-7-16/h1,3,5,8-9,11,14,16H,2,4,6-7,10,12H2,(H,22,25)/t14-/m0/s1. The summed E-state index contributed by atoms with van der Waals surface area (Å²) in [6.07, 6.45) is 5.77. The van der Waals surface area contributed by atoms with E-state index in [-0.39, 0.29) is 17.6 Å². The van der Waals surface area contributed by atoms with Gasteiger partial charge in [-0.1, -0.05) is 12.1 Å². The van der Waals surface area contributed by atoms with Crippen molar-refractivity contribution >= 4 is 11.7 Å². The molecular weight excluding hydrogens is 319 g/mol. The lowest BCUT2D eigenvalue weighted by Crippen LogP contribution is -2.44. The highest BCUT2D eigenvalue weighted by Crippen LogP contribution is 2.25. The van der Waals surface area contributed by atoms with Gasteiger partial charge in [0.05, 0.1) is 5.92 Å². The van der Waals surface area contributed by atoms with Gasteiger partial charge in [0, 0.05) is 30.9 Å². The number of piperidine rings is 1. The van der Waals surface area contributed by atoms with E-state index in [4.69, 9.17) is 0 Å². The van der Waals surface area contributed by atoms with Gasteiger partial charge in [-0.15, -0.1) is 0 Å². The molecule has 1 aromatic carbocycles. The first kappa shape index (κ1) is 16.0. The molecule has 2 fully saturated rings. The highest BCUT2D eigenvalue weighted by atomic mass is 19.1. The molecule has 2 heterocycles. The molecule has 2 aliphatic rings. The van der Waals surface area contributed by atoms with E-state index in [1.54, 1.807) is 18.3 Å². The van der Waals surface area contributed by atoms with E-state index in [1.165, 1.54) is 12.1 Å². The van der Waals surface area contributed by atoms with Gasteiger partial charge in [0.2, 0.25) is 5.91 Å². The number of nitrogens with one attached hydrogen (secondary N) is 1. The summed E-state index contributed by atoms with van der Waals surface area (Å²) in [5.74, 6) is 1.15. The molecule has 1 aliphatic heterocycles. The molecule has 1 saturated heterocycles. The number of hydrogen-bond acceptors (Lipinski definition) is 4. The number of carbonyl (C=O) groups excluding carboxylic acids is 1. The van der Waals surface area contributed by atoms with Crippen LogP contribution in [0.3, 0.4) is 0 Å². The van der Waals surface area contributed by atoms with Crippen LogP contribution in [-0.2, 0) is 4.79 Å². The minimum Gasteiger partial charge on any atom is -0.356 e. The summed E-state index contributed by atoms with van der Waals surface area (Å²) >= 11 is 0. The molecule has 0 spiro atoms. The summed E-state index contributed by atoms with van der Waals surface area (Å²) < 4.78 is 13.4. The molecule has 1 amide bonds. The van der Waals surface area contributed by atoms with E-state index >= 15 is 0 Å². The van der Waals surface area contributed by atoms with Crippen LogP contribution in [0.5, 0.6) is 0 Å². The van der Waals surface area contributed by atoms with Crippen molar-refractivity contribution in [2.24, 2.45) is 5.92 Å². The van der Waals surface area contributed by atoms with E-state index in [0.29, 0.717) is 24.0 Å². The lowest BCUT2D eigenvalue weighted by molar-refractivity contribution is -0.125. The van der Waals surface area contributed by atoms with E-state index < -0.39 is 0 Å². The molecule has 1 saturated carbocycles. The zero-order chi connectivity index (χ0) is 17.2. The van der Waals surface area contributed by atoms with Crippen LogP contribution in [-0.4, -0.2) is 35.0 Å². The van der Waals surface area contributed by atoms with Crippen LogP contribution in [0.15, 0.2) is 36.5 Å². The van der Waals surface area contributed by atoms with Crippen LogP contribution < -0.4 is 10.2 Å². The minimum absolute atomic E-state index is 0.00179. The van der Waals surface area contributed by atoms with Gasteiger partial charge in [0.25, 0.3) is 0 Å². The zero-order valence-corrected chi connectivity index (χ0v) is 14.0. The number of halogens is 1. The van der Waals surface area contributed by atoms with Gasteiger partial charge >= 0.3 is 0 Å². The molecule has 1 N–H and O–H groups in total. The van der Waals surface area contributed by atoms with Gasteiger partial charge in [-0.3, -0.25) is 4.79 Å². The van der Waals surface area contributed by atoms with Crippen molar-refractivity contribution in [3.8, 4) is 11.4 Å². The number of hydrogen-bond donors (Lipinski definition) is 1. The third kappa shape index (κ3) is 3.78. The Morgan fingerprint density at radius 2 is 2.12 bits per heavy atom. The van der Waals surface area contributed by atoms with E-state index in [0.717, 1.165) is 38.0 Å². The smallest absolute Gasteiger partial charge is 0.225 e. The first-order chi connectivity index (χ1) is 12.2. The fourth-order valence-electron chi connectivity index (χ4n) is 3.24. The third-order valence-corrected chi connectivity index (χ3v) is 4.76. The first-order valence-corrected chi connectivity index (χ1v) is 8.83. The molecule has 0 unspecified atom stereocenters. The largest absolute Gasteiger partial charge is 0.356 e. The molecule has 1 aliphatic carbocycles. The van der Waals surface area contributed by atoms with Gasteiger partial charge in [0.15, 0.2) is 5.82 Å². The summed E-state index contributed by atoms with van der Waals surface area (Å²) in [7, 11) is 0. The predicted octanol–water partition coefficient (Wildman–Crippen LogP) is 2.78. The van der Waals surface area contributed by atoms with E-state index in [2.05, 4.69) is 20.2 Å². The topological polar surface area (TPSA) is 58.1 Å². The fraction of sp³-hybridized carbons (Fsp3) is 0.421. The summed E-state index contributed by atoms with van der Waals surface area (Å²) in [5.41, 5.74) is 0.655. The molecule has 130 valence electrons. The van der Waals surface area contributed by atoms with Crippen LogP contribution in [0.4, 0.5) is 10.2 Å². The number of rotatable bonds is 4. The SMILES string of the molecule is O=C(NC1CC1)[C@H]1CCCN(c2ccnc(-c3cccc(F)c3)n2)C1. The highest BCUT2D eigenvalue weighted by molar-refractivity contribution is 5.80. The fourth-order valence-corrected chi connectivity index (χ4v) is 3.24. The quantitative estimate of drug-likeness (QED) is 0.930. The second kappa shape index (κ2) is 6.78. The van der Waals surface area contributed by atoms with Crippen molar-refractivity contribution in [2.75, 3.05) is 18.0 Å². The molecule has 6 heteroatoms. The molecule has 4 rings (SSSR count). The number of aromatic nitrogens is 2. The predicted molar refractivity (Wildman–Crippen MR) is 93.5 cm³/mol. The zero-order valence-electron chi connectivity index (χ0n) is 14.0. The molecule has 1 atom stereocenters. The molecular formula is C19H21FN4O. The van der Waals surface area contributed by atoms with Gasteiger partial charge in [-0.05, 0) is 43.9 Å². The molecule has 1 aromatic heterocycles. The molecule has 25 heavy (non-hydrogen) atoms. The van der Waals surface area contributed by atoms with Crippen LogP contribution >= 0.6 is 0 Å². The van der Waals surface area contributed by atoms with Gasteiger partial charge in [0.1, 0.15) is 11.6 Å². The van der Waals surface area contributed by atoms with Crippen LogP contribution in [0.25, 0.3) is 11.4 Å². The Morgan fingerprint density at radius 3 is 2.92 bits per heavy atom. The molecule has 0 bridgehead atoms. The van der Waals surface area contributed by atoms with Crippen LogP contribution in [0.2, 0.25) is 0 Å². The molecule has 0 radical (unpaired) electrons. The van der Waals surface area contributed by atoms with Gasteiger partial charge in [-0.25, -0.2) is 14.4 Å². The Balaban J connectivity index is 1.50. The van der Waals surface area contributed by atoms with Crippen molar-refractivity contribution in [3.05, 3.63) is 42.3 Å². The lowest BCUT2D eigenvalue weighted by atomic mass is 9.97. The lowest BCUT2D eigenvalue weighted by Gasteiger charge is -2.33. The van der Waals surface area contributed by atoms with Crippen LogP contribution in [0.1, 0.15) is 25.7 Å². The summed E-state index contributed by atoms with van der Waals surface area (Å²) in [6, 6.07) is 8.53. The second-order valence-corrected chi connectivity index (χ2v) is 6.82. The number of carbonyl (C=O) groups is 1. The summed E-state index contributed by atoms with van der Waals surface area (Å²) in [4.78, 5) is 23.3. The number of amides is 1. The first-order valence-electron chi connectivity index (χ1n) is 8.83. The maximum atomic E-state index is 13.4. The monoisotopic (exact) mass is 340 g/mol. The molecule has 5 nitrogen and oxygen atoms in total. The number of nitrogens with zero attached hydrogens (tertiary/aromatic N) is 3.